The number of non-ortho nitro benzene ring substituents is 1. The molecule has 0 aliphatic rings. The lowest BCUT2D eigenvalue weighted by atomic mass is 10.0. The Hall–Kier alpha value is -2.56. The van der Waals surface area contributed by atoms with Gasteiger partial charge in [-0.15, -0.1) is 0 Å². The summed E-state index contributed by atoms with van der Waals surface area (Å²) in [5.41, 5.74) is 3.61. The minimum atomic E-state index is -0.395. The molecule has 2 N–H and O–H groups in total. The van der Waals surface area contributed by atoms with E-state index < -0.39 is 4.92 Å². The van der Waals surface area contributed by atoms with Crippen LogP contribution in [0.5, 0.6) is 0 Å². The van der Waals surface area contributed by atoms with E-state index in [0.29, 0.717) is 17.3 Å². The van der Waals surface area contributed by atoms with Gasteiger partial charge in [0, 0.05) is 36.2 Å². The van der Waals surface area contributed by atoms with Gasteiger partial charge < -0.3 is 10.6 Å². The number of rotatable bonds is 5. The molecule has 0 aliphatic heterocycles. The molecule has 0 aromatic heterocycles. The molecule has 2 aromatic rings. The van der Waals surface area contributed by atoms with Gasteiger partial charge in [0.2, 0.25) is 0 Å². The monoisotopic (exact) mass is 285 g/mol. The van der Waals surface area contributed by atoms with Crippen molar-refractivity contribution in [2.45, 2.75) is 19.8 Å². The van der Waals surface area contributed by atoms with E-state index in [1.54, 1.807) is 7.05 Å². The summed E-state index contributed by atoms with van der Waals surface area (Å²) in [4.78, 5) is 10.5. The first-order valence-electron chi connectivity index (χ1n) is 6.84. The van der Waals surface area contributed by atoms with E-state index in [1.165, 1.54) is 17.7 Å². The lowest BCUT2D eigenvalue weighted by Crippen LogP contribution is -1.97. The second-order valence-corrected chi connectivity index (χ2v) is 5.18. The third kappa shape index (κ3) is 3.72. The molecule has 0 fully saturated rings. The van der Waals surface area contributed by atoms with Crippen molar-refractivity contribution in [2.24, 2.45) is 0 Å². The smallest absolute Gasteiger partial charge is 0.273 e. The van der Waals surface area contributed by atoms with Crippen molar-refractivity contribution in [3.8, 4) is 0 Å². The Morgan fingerprint density at radius 2 is 1.62 bits per heavy atom. The van der Waals surface area contributed by atoms with Gasteiger partial charge in [-0.1, -0.05) is 26.0 Å². The highest BCUT2D eigenvalue weighted by atomic mass is 16.6. The van der Waals surface area contributed by atoms with Crippen LogP contribution in [0.2, 0.25) is 0 Å². The maximum Gasteiger partial charge on any atom is 0.273 e. The minimum Gasteiger partial charge on any atom is -0.388 e. The van der Waals surface area contributed by atoms with Crippen molar-refractivity contribution in [1.29, 1.82) is 0 Å². The molecule has 0 amide bonds. The van der Waals surface area contributed by atoms with Crippen LogP contribution in [-0.2, 0) is 0 Å². The molecule has 0 bridgehead atoms. The summed E-state index contributed by atoms with van der Waals surface area (Å²) in [6.07, 6.45) is 0. The third-order valence-electron chi connectivity index (χ3n) is 3.28. The van der Waals surface area contributed by atoms with E-state index in [0.717, 1.165) is 5.69 Å². The Labute approximate surface area is 124 Å². The number of hydrogen-bond donors (Lipinski definition) is 2. The zero-order chi connectivity index (χ0) is 15.4. The summed E-state index contributed by atoms with van der Waals surface area (Å²) < 4.78 is 0. The normalized spacial score (nSPS) is 10.5. The maximum absolute atomic E-state index is 10.9. The van der Waals surface area contributed by atoms with Gasteiger partial charge in [0.05, 0.1) is 4.92 Å². The van der Waals surface area contributed by atoms with Gasteiger partial charge in [-0.05, 0) is 29.7 Å². The van der Waals surface area contributed by atoms with E-state index in [-0.39, 0.29) is 5.69 Å². The zero-order valence-electron chi connectivity index (χ0n) is 12.4. The molecular weight excluding hydrogens is 266 g/mol. The first kappa shape index (κ1) is 14.8. The number of nitro benzene ring substituents is 1. The lowest BCUT2D eigenvalue weighted by molar-refractivity contribution is -0.384. The van der Waals surface area contributed by atoms with E-state index in [2.05, 4.69) is 36.6 Å². The zero-order valence-corrected chi connectivity index (χ0v) is 12.4. The van der Waals surface area contributed by atoms with E-state index >= 15 is 0 Å². The molecule has 5 nitrogen and oxygen atoms in total. The SMILES string of the molecule is CNc1cc(Nc2ccc(C(C)C)cc2)cc([N+](=O)[O-])c1. The molecule has 21 heavy (non-hydrogen) atoms. The predicted molar refractivity (Wildman–Crippen MR) is 86.5 cm³/mol. The molecule has 0 saturated carbocycles. The molecular formula is C16H19N3O2. The molecule has 0 spiro atoms. The van der Waals surface area contributed by atoms with Crippen molar-refractivity contribution in [3.05, 3.63) is 58.1 Å². The number of anilines is 3. The van der Waals surface area contributed by atoms with Crippen LogP contribution in [-0.4, -0.2) is 12.0 Å². The number of nitrogens with zero attached hydrogens (tertiary/aromatic N) is 1. The first-order chi connectivity index (χ1) is 9.99. The van der Waals surface area contributed by atoms with Crippen molar-refractivity contribution >= 4 is 22.7 Å². The minimum absolute atomic E-state index is 0.0585. The van der Waals surface area contributed by atoms with Crippen molar-refractivity contribution < 1.29 is 4.92 Å². The standard InChI is InChI=1S/C16H19N3O2/c1-11(2)12-4-6-13(7-5-12)18-15-8-14(17-3)9-16(10-15)19(20)21/h4-11,17-18H,1-3H3. The molecule has 0 saturated heterocycles. The summed E-state index contributed by atoms with van der Waals surface area (Å²) in [6.45, 7) is 4.28. The summed E-state index contributed by atoms with van der Waals surface area (Å²) in [6, 6.07) is 12.9. The maximum atomic E-state index is 10.9. The van der Waals surface area contributed by atoms with Gasteiger partial charge in [0.15, 0.2) is 0 Å². The van der Waals surface area contributed by atoms with Crippen LogP contribution in [0.4, 0.5) is 22.7 Å². The van der Waals surface area contributed by atoms with Gasteiger partial charge in [-0.25, -0.2) is 0 Å². The van der Waals surface area contributed by atoms with Crippen LogP contribution in [0.3, 0.4) is 0 Å². The van der Waals surface area contributed by atoms with Crippen LogP contribution in [0.1, 0.15) is 25.3 Å². The summed E-state index contributed by atoms with van der Waals surface area (Å²) in [7, 11) is 1.74. The molecule has 0 atom stereocenters. The van der Waals surface area contributed by atoms with Crippen LogP contribution < -0.4 is 10.6 Å². The number of nitro groups is 1. The molecule has 0 aliphatic carbocycles. The average Bonchev–Trinajstić information content (AvgIpc) is 2.47. The van der Waals surface area contributed by atoms with Crippen molar-refractivity contribution in [2.75, 3.05) is 17.7 Å². The highest BCUT2D eigenvalue weighted by Gasteiger charge is 2.09. The summed E-state index contributed by atoms with van der Waals surface area (Å²) in [5, 5.41) is 17.1. The van der Waals surface area contributed by atoms with Crippen molar-refractivity contribution in [1.82, 2.24) is 0 Å². The van der Waals surface area contributed by atoms with Gasteiger partial charge in [-0.3, -0.25) is 10.1 Å². The van der Waals surface area contributed by atoms with E-state index in [9.17, 15) is 10.1 Å². The fraction of sp³-hybridized carbons (Fsp3) is 0.250. The topological polar surface area (TPSA) is 67.2 Å². The van der Waals surface area contributed by atoms with Gasteiger partial charge in [-0.2, -0.15) is 0 Å². The fourth-order valence-electron chi connectivity index (χ4n) is 2.05. The Bertz CT molecular complexity index is 636. The first-order valence-corrected chi connectivity index (χ1v) is 6.84. The molecule has 0 heterocycles. The third-order valence-corrected chi connectivity index (χ3v) is 3.28. The van der Waals surface area contributed by atoms with Gasteiger partial charge in [0.25, 0.3) is 5.69 Å². The number of nitrogens with one attached hydrogen (secondary N) is 2. The molecule has 2 aromatic carbocycles. The second kappa shape index (κ2) is 6.26. The Kier molecular flexibility index (Phi) is 4.42. The second-order valence-electron chi connectivity index (χ2n) is 5.18. The number of hydrogen-bond acceptors (Lipinski definition) is 4. The highest BCUT2D eigenvalue weighted by Crippen LogP contribution is 2.27. The van der Waals surface area contributed by atoms with Crippen molar-refractivity contribution in [3.63, 3.8) is 0 Å². The lowest BCUT2D eigenvalue weighted by Gasteiger charge is -2.10. The highest BCUT2D eigenvalue weighted by molar-refractivity contribution is 5.68. The van der Waals surface area contributed by atoms with Crippen LogP contribution in [0.25, 0.3) is 0 Å². The summed E-state index contributed by atoms with van der Waals surface area (Å²) in [5.74, 6) is 0.479. The van der Waals surface area contributed by atoms with E-state index in [1.807, 2.05) is 18.2 Å². The molecule has 0 unspecified atom stereocenters. The Morgan fingerprint density at radius 3 is 2.14 bits per heavy atom. The number of benzene rings is 2. The van der Waals surface area contributed by atoms with Gasteiger partial charge >= 0.3 is 0 Å². The van der Waals surface area contributed by atoms with Crippen LogP contribution in [0, 0.1) is 10.1 Å². The fourth-order valence-corrected chi connectivity index (χ4v) is 2.05. The summed E-state index contributed by atoms with van der Waals surface area (Å²) >= 11 is 0. The quantitative estimate of drug-likeness (QED) is 0.626. The average molecular weight is 285 g/mol. The largest absolute Gasteiger partial charge is 0.388 e. The molecule has 0 radical (unpaired) electrons. The van der Waals surface area contributed by atoms with Crippen LogP contribution >= 0.6 is 0 Å². The Morgan fingerprint density at radius 1 is 1.00 bits per heavy atom. The van der Waals surface area contributed by atoms with Gasteiger partial charge in [0.1, 0.15) is 0 Å². The molecule has 110 valence electrons. The molecule has 5 heteroatoms. The molecule has 2 rings (SSSR count). The predicted octanol–water partition coefficient (Wildman–Crippen LogP) is 4.50. The van der Waals surface area contributed by atoms with E-state index in [4.69, 9.17) is 0 Å². The Balaban J connectivity index is 2.26. The van der Waals surface area contributed by atoms with Crippen LogP contribution in [0.15, 0.2) is 42.5 Å².